The zero-order valence-corrected chi connectivity index (χ0v) is 12.5. The highest BCUT2D eigenvalue weighted by Crippen LogP contribution is 2.27. The first-order valence-electron chi connectivity index (χ1n) is 7.36. The number of tetrazole rings is 1. The van der Waals surface area contributed by atoms with Gasteiger partial charge in [0.2, 0.25) is 0 Å². The van der Waals surface area contributed by atoms with Crippen molar-refractivity contribution in [2.75, 3.05) is 6.61 Å². The van der Waals surface area contributed by atoms with Crippen molar-refractivity contribution >= 4 is 0 Å². The van der Waals surface area contributed by atoms with Gasteiger partial charge in [-0.25, -0.2) is 0 Å². The lowest BCUT2D eigenvalue weighted by atomic mass is 9.99. The molecule has 0 saturated carbocycles. The van der Waals surface area contributed by atoms with Crippen molar-refractivity contribution in [1.29, 1.82) is 0 Å². The van der Waals surface area contributed by atoms with Gasteiger partial charge in [-0.15, -0.1) is 15.0 Å². The Balaban J connectivity index is 1.75. The topological polar surface area (TPSA) is 154 Å². The second-order valence-electron chi connectivity index (χ2n) is 5.59. The highest BCUT2D eigenvalue weighted by Gasteiger charge is 2.45. The van der Waals surface area contributed by atoms with E-state index in [0.717, 1.165) is 10.4 Å². The van der Waals surface area contributed by atoms with E-state index in [0.29, 0.717) is 12.2 Å². The third-order valence-corrected chi connectivity index (χ3v) is 3.86. The van der Waals surface area contributed by atoms with Crippen LogP contribution in [-0.2, 0) is 11.2 Å². The molecule has 2 aromatic rings. The third kappa shape index (κ3) is 3.23. The molecule has 3 rings (SSSR count). The molecule has 1 aliphatic heterocycles. The van der Waals surface area contributed by atoms with Crippen LogP contribution in [0.5, 0.6) is 5.75 Å². The molecule has 10 nitrogen and oxygen atoms in total. The van der Waals surface area contributed by atoms with Crippen LogP contribution in [0.1, 0.15) is 17.6 Å². The Morgan fingerprint density at radius 3 is 2.42 bits per heavy atom. The number of phenolic OH excluding ortho intramolecular Hbond substituents is 1. The van der Waals surface area contributed by atoms with E-state index >= 15 is 0 Å². The summed E-state index contributed by atoms with van der Waals surface area (Å²) >= 11 is 0. The first kappa shape index (κ1) is 16.7. The van der Waals surface area contributed by atoms with E-state index in [1.54, 1.807) is 12.1 Å². The van der Waals surface area contributed by atoms with Gasteiger partial charge in [-0.1, -0.05) is 12.1 Å². The standard InChI is InChI=1S/C14H18N4O6/c19-6-9-11(21)12(22)13(23)14(24-9)18-16-10(15-17-18)5-7-1-3-8(20)4-2-7/h1-4,9,11-14,19-23H,5-6H2. The summed E-state index contributed by atoms with van der Waals surface area (Å²) in [5, 5.41) is 59.8. The van der Waals surface area contributed by atoms with Crippen LogP contribution in [0.4, 0.5) is 0 Å². The van der Waals surface area contributed by atoms with Crippen molar-refractivity contribution in [2.24, 2.45) is 0 Å². The minimum Gasteiger partial charge on any atom is -0.508 e. The largest absolute Gasteiger partial charge is 0.508 e. The van der Waals surface area contributed by atoms with Gasteiger partial charge in [0.1, 0.15) is 30.2 Å². The highest BCUT2D eigenvalue weighted by atomic mass is 16.6. The van der Waals surface area contributed by atoms with E-state index in [4.69, 9.17) is 4.74 Å². The van der Waals surface area contributed by atoms with Gasteiger partial charge in [-0.3, -0.25) is 0 Å². The van der Waals surface area contributed by atoms with E-state index < -0.39 is 37.3 Å². The molecular weight excluding hydrogens is 320 g/mol. The molecule has 2 heterocycles. The summed E-state index contributed by atoms with van der Waals surface area (Å²) in [6.45, 7) is -0.531. The van der Waals surface area contributed by atoms with Crippen LogP contribution in [0.25, 0.3) is 0 Å². The normalized spacial score (nSPS) is 30.4. The van der Waals surface area contributed by atoms with Crippen LogP contribution >= 0.6 is 0 Å². The van der Waals surface area contributed by atoms with E-state index in [1.165, 1.54) is 12.1 Å². The molecule has 5 N–H and O–H groups in total. The van der Waals surface area contributed by atoms with Crippen molar-refractivity contribution in [3.63, 3.8) is 0 Å². The fourth-order valence-electron chi connectivity index (χ4n) is 2.50. The summed E-state index contributed by atoms with van der Waals surface area (Å²) < 4.78 is 5.35. The molecule has 24 heavy (non-hydrogen) atoms. The number of phenols is 1. The Bertz CT molecular complexity index is 676. The molecule has 0 radical (unpaired) electrons. The van der Waals surface area contributed by atoms with Gasteiger partial charge in [0, 0.05) is 6.42 Å². The zero-order chi connectivity index (χ0) is 17.3. The highest BCUT2D eigenvalue weighted by molar-refractivity contribution is 5.27. The van der Waals surface area contributed by atoms with Gasteiger partial charge in [-0.2, -0.15) is 0 Å². The monoisotopic (exact) mass is 338 g/mol. The maximum atomic E-state index is 10.0. The number of benzene rings is 1. The second-order valence-corrected chi connectivity index (χ2v) is 5.59. The summed E-state index contributed by atoms with van der Waals surface area (Å²) in [5.41, 5.74) is 0.848. The molecule has 10 heteroatoms. The third-order valence-electron chi connectivity index (χ3n) is 3.86. The molecule has 1 aromatic heterocycles. The van der Waals surface area contributed by atoms with Crippen molar-refractivity contribution in [3.8, 4) is 5.75 Å². The molecule has 0 amide bonds. The predicted molar refractivity (Wildman–Crippen MR) is 77.7 cm³/mol. The molecule has 130 valence electrons. The average molecular weight is 338 g/mol. The van der Waals surface area contributed by atoms with Gasteiger partial charge >= 0.3 is 0 Å². The van der Waals surface area contributed by atoms with E-state index in [-0.39, 0.29) is 5.75 Å². The fraction of sp³-hybridized carbons (Fsp3) is 0.500. The van der Waals surface area contributed by atoms with Gasteiger partial charge in [-0.05, 0) is 22.9 Å². The quantitative estimate of drug-likeness (QED) is 0.423. The Labute approximate surface area is 136 Å². The minimum atomic E-state index is -1.51. The zero-order valence-electron chi connectivity index (χ0n) is 12.5. The second kappa shape index (κ2) is 6.79. The smallest absolute Gasteiger partial charge is 0.199 e. The maximum Gasteiger partial charge on any atom is 0.199 e. The maximum absolute atomic E-state index is 10.0. The molecule has 1 fully saturated rings. The van der Waals surface area contributed by atoms with Crippen molar-refractivity contribution in [3.05, 3.63) is 35.7 Å². The van der Waals surface area contributed by atoms with Crippen LogP contribution in [0.3, 0.4) is 0 Å². The number of aliphatic hydroxyl groups is 4. The van der Waals surface area contributed by atoms with E-state index in [1.807, 2.05) is 0 Å². The van der Waals surface area contributed by atoms with Crippen LogP contribution in [0.15, 0.2) is 24.3 Å². The lowest BCUT2D eigenvalue weighted by Gasteiger charge is -2.38. The molecular formula is C14H18N4O6. The van der Waals surface area contributed by atoms with Gasteiger partial charge < -0.3 is 30.3 Å². The minimum absolute atomic E-state index is 0.150. The number of hydrogen-bond donors (Lipinski definition) is 5. The summed E-state index contributed by atoms with van der Waals surface area (Å²) in [5.74, 6) is 0.495. The number of aromatic hydroxyl groups is 1. The average Bonchev–Trinajstić information content (AvgIpc) is 3.03. The number of hydrogen-bond acceptors (Lipinski definition) is 9. The van der Waals surface area contributed by atoms with Crippen LogP contribution in [-0.4, -0.2) is 76.8 Å². The summed E-state index contributed by atoms with van der Waals surface area (Å²) in [6.07, 6.45) is -6.30. The Morgan fingerprint density at radius 2 is 1.75 bits per heavy atom. The molecule has 0 bridgehead atoms. The van der Waals surface area contributed by atoms with Crippen LogP contribution in [0, 0.1) is 0 Å². The Kier molecular flexibility index (Phi) is 4.73. The van der Waals surface area contributed by atoms with Gasteiger partial charge in [0.25, 0.3) is 0 Å². The van der Waals surface area contributed by atoms with E-state index in [2.05, 4.69) is 15.4 Å². The van der Waals surface area contributed by atoms with Crippen LogP contribution in [0.2, 0.25) is 0 Å². The number of ether oxygens (including phenoxy) is 1. The first-order chi connectivity index (χ1) is 11.5. The molecule has 1 saturated heterocycles. The summed E-state index contributed by atoms with van der Waals surface area (Å²) in [4.78, 5) is 0.998. The summed E-state index contributed by atoms with van der Waals surface area (Å²) in [7, 11) is 0. The SMILES string of the molecule is OCC1OC(n2nnc(Cc3ccc(O)cc3)n2)C(O)C(O)C1O. The number of nitrogens with zero attached hydrogens (tertiary/aromatic N) is 4. The Hall–Kier alpha value is -2.11. The summed E-state index contributed by atoms with van der Waals surface area (Å²) in [6, 6.07) is 6.50. The molecule has 1 aliphatic rings. The number of rotatable bonds is 4. The first-order valence-corrected chi connectivity index (χ1v) is 7.36. The fourth-order valence-corrected chi connectivity index (χ4v) is 2.50. The van der Waals surface area contributed by atoms with Gasteiger partial charge in [0.05, 0.1) is 6.61 Å². The van der Waals surface area contributed by atoms with E-state index in [9.17, 15) is 25.5 Å². The Morgan fingerprint density at radius 1 is 1.04 bits per heavy atom. The number of aliphatic hydroxyl groups excluding tert-OH is 4. The van der Waals surface area contributed by atoms with Crippen molar-refractivity contribution in [1.82, 2.24) is 20.2 Å². The molecule has 5 unspecified atom stereocenters. The molecule has 0 aliphatic carbocycles. The molecule has 1 aromatic carbocycles. The van der Waals surface area contributed by atoms with Crippen LogP contribution < -0.4 is 0 Å². The number of aromatic nitrogens is 4. The molecule has 0 spiro atoms. The lowest BCUT2D eigenvalue weighted by Crippen LogP contribution is -2.56. The predicted octanol–water partition coefficient (Wildman–Crippen LogP) is -2.06. The van der Waals surface area contributed by atoms with Gasteiger partial charge in [0.15, 0.2) is 12.1 Å². The lowest BCUT2D eigenvalue weighted by molar-refractivity contribution is -0.257. The van der Waals surface area contributed by atoms with Crippen molar-refractivity contribution < 1.29 is 30.3 Å². The van der Waals surface area contributed by atoms with Crippen molar-refractivity contribution in [2.45, 2.75) is 37.1 Å². The molecule has 5 atom stereocenters.